The first-order chi connectivity index (χ1) is 24.8. The third-order valence-electron chi connectivity index (χ3n) is 10.6. The molecule has 2 atom stereocenters. The molecule has 2 aromatic carbocycles. The highest BCUT2D eigenvalue weighted by atomic mass is 16.2. The lowest BCUT2D eigenvalue weighted by atomic mass is 9.89. The summed E-state index contributed by atoms with van der Waals surface area (Å²) in [6, 6.07) is 15.5. The van der Waals surface area contributed by atoms with Gasteiger partial charge >= 0.3 is 0 Å². The van der Waals surface area contributed by atoms with Crippen molar-refractivity contribution in [3.63, 3.8) is 0 Å². The highest BCUT2D eigenvalue weighted by Crippen LogP contribution is 2.34. The average Bonchev–Trinajstić information content (AvgIpc) is 3.90. The lowest BCUT2D eigenvalue weighted by Gasteiger charge is -2.34. The van der Waals surface area contributed by atoms with Crippen molar-refractivity contribution in [2.24, 2.45) is 11.7 Å². The van der Waals surface area contributed by atoms with E-state index in [1.165, 1.54) is 11.8 Å². The van der Waals surface area contributed by atoms with Gasteiger partial charge in [0.25, 0.3) is 11.8 Å². The first-order valence-corrected chi connectivity index (χ1v) is 17.6. The number of amides is 4. The van der Waals surface area contributed by atoms with E-state index < -0.39 is 11.9 Å². The number of benzene rings is 2. The van der Waals surface area contributed by atoms with Gasteiger partial charge in [-0.1, -0.05) is 12.1 Å². The van der Waals surface area contributed by atoms with Gasteiger partial charge in [-0.2, -0.15) is 5.10 Å². The molecule has 4 N–H and O–H groups in total. The lowest BCUT2D eigenvalue weighted by molar-refractivity contribution is -0.136. The van der Waals surface area contributed by atoms with Gasteiger partial charge in [-0.3, -0.25) is 24.5 Å². The molecule has 3 saturated heterocycles. The van der Waals surface area contributed by atoms with E-state index in [0.29, 0.717) is 36.2 Å². The van der Waals surface area contributed by atoms with Crippen LogP contribution in [0, 0.1) is 5.92 Å². The summed E-state index contributed by atoms with van der Waals surface area (Å²) >= 11 is 0. The van der Waals surface area contributed by atoms with Crippen LogP contribution in [0.25, 0.3) is 5.82 Å². The molecule has 3 fully saturated rings. The second-order valence-corrected chi connectivity index (χ2v) is 13.9. The van der Waals surface area contributed by atoms with E-state index in [4.69, 9.17) is 5.73 Å². The van der Waals surface area contributed by atoms with Crippen LogP contribution in [-0.4, -0.2) is 91.9 Å². The van der Waals surface area contributed by atoms with Crippen molar-refractivity contribution in [2.45, 2.75) is 50.6 Å². The van der Waals surface area contributed by atoms with Crippen LogP contribution in [0.4, 0.5) is 17.2 Å². The Labute approximate surface area is 295 Å². The number of anilines is 3. The van der Waals surface area contributed by atoms with Crippen LogP contribution < -0.4 is 21.3 Å². The van der Waals surface area contributed by atoms with Crippen molar-refractivity contribution in [3.05, 3.63) is 89.5 Å². The van der Waals surface area contributed by atoms with Gasteiger partial charge in [-0.25, -0.2) is 14.6 Å². The number of nitrogens with one attached hydrogen (secondary N) is 2. The maximum absolute atomic E-state index is 13.1. The van der Waals surface area contributed by atoms with E-state index in [1.807, 2.05) is 24.3 Å². The summed E-state index contributed by atoms with van der Waals surface area (Å²) in [5, 5.41) is 9.78. The number of piperidine rings is 2. The molecule has 14 heteroatoms. The molecule has 14 nitrogen and oxygen atoms in total. The normalized spacial score (nSPS) is 21.2. The fourth-order valence-electron chi connectivity index (χ4n) is 7.93. The molecule has 4 aliphatic heterocycles. The van der Waals surface area contributed by atoms with Crippen LogP contribution in [0.15, 0.2) is 67.1 Å². The molecular formula is C37H40N10O4. The number of hydrogen-bond acceptors (Lipinski definition) is 10. The Morgan fingerprint density at radius 1 is 1.00 bits per heavy atom. The quantitative estimate of drug-likeness (QED) is 0.222. The number of fused-ring (bicyclic) bond motifs is 1. The Morgan fingerprint density at radius 3 is 2.57 bits per heavy atom. The minimum absolute atomic E-state index is 0.0647. The highest BCUT2D eigenvalue weighted by molar-refractivity contribution is 6.05. The number of rotatable bonds is 9. The average molecular weight is 689 g/mol. The van der Waals surface area contributed by atoms with Gasteiger partial charge in [0, 0.05) is 61.9 Å². The van der Waals surface area contributed by atoms with Gasteiger partial charge in [0.05, 0.1) is 6.20 Å². The van der Waals surface area contributed by atoms with E-state index in [2.05, 4.69) is 53.7 Å². The summed E-state index contributed by atoms with van der Waals surface area (Å²) in [5.74, 6) is 0.349. The molecule has 4 aliphatic rings. The predicted octanol–water partition coefficient (Wildman–Crippen LogP) is 2.97. The van der Waals surface area contributed by atoms with Crippen molar-refractivity contribution >= 4 is 40.8 Å². The van der Waals surface area contributed by atoms with E-state index in [-0.39, 0.29) is 35.7 Å². The minimum Gasteiger partial charge on any atom is -0.371 e. The molecule has 51 heavy (non-hydrogen) atoms. The third kappa shape index (κ3) is 6.66. The van der Waals surface area contributed by atoms with Crippen molar-refractivity contribution in [1.29, 1.82) is 0 Å². The summed E-state index contributed by atoms with van der Waals surface area (Å²) in [6.45, 7) is 5.52. The molecule has 2 aromatic heterocycles. The summed E-state index contributed by atoms with van der Waals surface area (Å²) in [7, 11) is 0. The van der Waals surface area contributed by atoms with Gasteiger partial charge in [0.2, 0.25) is 11.8 Å². The van der Waals surface area contributed by atoms with Crippen molar-refractivity contribution < 1.29 is 19.2 Å². The maximum atomic E-state index is 13.1. The zero-order valence-corrected chi connectivity index (χ0v) is 28.2. The lowest BCUT2D eigenvalue weighted by Crippen LogP contribution is -2.52. The summed E-state index contributed by atoms with van der Waals surface area (Å²) in [5.41, 5.74) is 10.4. The number of likely N-dealkylation sites (tertiary alicyclic amines) is 1. The smallest absolute Gasteiger partial charge is 0.271 e. The second kappa shape index (κ2) is 13.6. The Morgan fingerprint density at radius 2 is 1.82 bits per heavy atom. The topological polar surface area (TPSA) is 172 Å². The predicted molar refractivity (Wildman–Crippen MR) is 189 cm³/mol. The molecule has 4 aromatic rings. The van der Waals surface area contributed by atoms with Crippen LogP contribution in [0.2, 0.25) is 0 Å². The molecule has 1 unspecified atom stereocenters. The fourth-order valence-corrected chi connectivity index (χ4v) is 7.93. The van der Waals surface area contributed by atoms with E-state index in [9.17, 15) is 19.2 Å². The zero-order chi connectivity index (χ0) is 35.1. The van der Waals surface area contributed by atoms with Gasteiger partial charge in [0.15, 0.2) is 17.3 Å². The molecule has 0 saturated carbocycles. The second-order valence-electron chi connectivity index (χ2n) is 13.9. The number of hydrogen-bond donors (Lipinski definition) is 3. The Balaban J connectivity index is 0.830. The maximum Gasteiger partial charge on any atom is 0.271 e. The van der Waals surface area contributed by atoms with Gasteiger partial charge in [0.1, 0.15) is 6.04 Å². The summed E-state index contributed by atoms with van der Waals surface area (Å²) in [4.78, 5) is 64.6. The van der Waals surface area contributed by atoms with Crippen LogP contribution in [0.3, 0.4) is 0 Å². The standard InChI is InChI=1S/C37H40N10O4/c38-34(49)33-35(42-31(19-39-33)47-14-1-13-40-47)41-27-4-2-24(3-5-27)25-11-15-44(16-12-25)20-23-10-17-45(21-23)28-6-7-29-26(18-28)22-46(37(29)51)30-8-9-32(48)43-36(30)50/h1-7,13-14,18-19,23,25,30H,8-12,15-17,20-22H2,(H2,38,49)(H,41,42)(H,43,48,50)/t23-,30?/m1/s1. The number of primary amides is 1. The number of nitrogens with zero attached hydrogens (tertiary/aromatic N) is 7. The Bertz CT molecular complexity index is 1970. The number of imide groups is 1. The van der Waals surface area contributed by atoms with Gasteiger partial charge < -0.3 is 25.8 Å². The molecule has 0 spiro atoms. The summed E-state index contributed by atoms with van der Waals surface area (Å²) < 4.78 is 1.57. The first-order valence-electron chi connectivity index (χ1n) is 17.6. The molecular weight excluding hydrogens is 648 g/mol. The highest BCUT2D eigenvalue weighted by Gasteiger charge is 2.39. The Hall–Kier alpha value is -5.63. The van der Waals surface area contributed by atoms with Crippen LogP contribution in [-0.2, 0) is 16.1 Å². The fraction of sp³-hybridized carbons (Fsp3) is 0.378. The molecule has 4 amide bonds. The van der Waals surface area contributed by atoms with Gasteiger partial charge in [-0.15, -0.1) is 0 Å². The molecule has 6 heterocycles. The molecule has 0 radical (unpaired) electrons. The van der Waals surface area contributed by atoms with Crippen LogP contribution >= 0.6 is 0 Å². The van der Waals surface area contributed by atoms with E-state index >= 15 is 0 Å². The number of nitrogens with two attached hydrogens (primary N) is 1. The van der Waals surface area contributed by atoms with Gasteiger partial charge in [-0.05, 0) is 98.1 Å². The largest absolute Gasteiger partial charge is 0.371 e. The first kappa shape index (κ1) is 32.6. The Kier molecular flexibility index (Phi) is 8.68. The van der Waals surface area contributed by atoms with Crippen molar-refractivity contribution in [2.75, 3.05) is 42.9 Å². The number of carbonyl (C=O) groups excluding carboxylic acids is 4. The third-order valence-corrected chi connectivity index (χ3v) is 10.6. The number of carbonyl (C=O) groups is 4. The van der Waals surface area contributed by atoms with E-state index in [1.54, 1.807) is 28.0 Å². The van der Waals surface area contributed by atoms with Crippen molar-refractivity contribution in [3.8, 4) is 5.82 Å². The zero-order valence-electron chi connectivity index (χ0n) is 28.2. The molecule has 0 bridgehead atoms. The van der Waals surface area contributed by atoms with Crippen LogP contribution in [0.5, 0.6) is 0 Å². The summed E-state index contributed by atoms with van der Waals surface area (Å²) in [6.07, 6.45) is 8.79. The SMILES string of the molecule is NC(=O)c1ncc(-n2cccn2)nc1Nc1ccc(C2CCN(C[C@H]3CCN(c4ccc5c(c4)CN(C4CCC(=O)NC4=O)C5=O)C3)CC2)cc1. The monoisotopic (exact) mass is 688 g/mol. The molecule has 262 valence electrons. The number of aromatic nitrogens is 4. The van der Waals surface area contributed by atoms with E-state index in [0.717, 1.165) is 68.9 Å². The van der Waals surface area contributed by atoms with Crippen molar-refractivity contribution in [1.82, 2.24) is 34.9 Å². The molecule has 8 rings (SSSR count). The molecule has 0 aliphatic carbocycles. The minimum atomic E-state index is -0.660. The van der Waals surface area contributed by atoms with Crippen LogP contribution in [0.1, 0.15) is 70.0 Å².